The van der Waals surface area contributed by atoms with Gasteiger partial charge in [-0.3, -0.25) is 4.79 Å². The van der Waals surface area contributed by atoms with E-state index >= 15 is 0 Å². The number of rotatable bonds is 10. The van der Waals surface area contributed by atoms with E-state index in [1.54, 1.807) is 24.3 Å². The van der Waals surface area contributed by atoms with Gasteiger partial charge in [0.05, 0.1) is 30.6 Å². The standard InChI is InChI=1S/C28H31F3N2O6/c29-28(30,31)21-8-6-19(7-9-21)27(36)39-24-10-3-18(4-11-24)5-12-25(34)37-13-1-2-14-38-26(35)20-15-22(32)17-23(33)16-20/h3-5,10-12,15-17,19,21H,1-2,6-9,13-14,32-33H2/b12-5+. The third-order valence-electron chi connectivity index (χ3n) is 6.26. The summed E-state index contributed by atoms with van der Waals surface area (Å²) in [6, 6.07) is 10.8. The van der Waals surface area contributed by atoms with Gasteiger partial charge in [0.1, 0.15) is 5.75 Å². The zero-order valence-electron chi connectivity index (χ0n) is 21.2. The molecule has 1 fully saturated rings. The van der Waals surface area contributed by atoms with E-state index in [0.717, 1.165) is 0 Å². The Hall–Kier alpha value is -4.02. The van der Waals surface area contributed by atoms with Crippen molar-refractivity contribution in [2.24, 2.45) is 11.8 Å². The van der Waals surface area contributed by atoms with Gasteiger partial charge < -0.3 is 25.7 Å². The molecule has 4 N–H and O–H groups in total. The lowest BCUT2D eigenvalue weighted by Crippen LogP contribution is -2.31. The summed E-state index contributed by atoms with van der Waals surface area (Å²) >= 11 is 0. The number of benzene rings is 2. The van der Waals surface area contributed by atoms with Crippen molar-refractivity contribution in [2.45, 2.75) is 44.7 Å². The number of anilines is 2. The summed E-state index contributed by atoms with van der Waals surface area (Å²) < 4.78 is 54.0. The van der Waals surface area contributed by atoms with Crippen LogP contribution in [0.15, 0.2) is 48.5 Å². The number of ether oxygens (including phenoxy) is 3. The molecule has 0 amide bonds. The van der Waals surface area contributed by atoms with Crippen LogP contribution in [0.1, 0.15) is 54.4 Å². The lowest BCUT2D eigenvalue weighted by atomic mass is 9.82. The molecule has 1 aliphatic carbocycles. The maximum Gasteiger partial charge on any atom is 0.391 e. The molecule has 0 aliphatic heterocycles. The van der Waals surface area contributed by atoms with Crippen LogP contribution in [-0.2, 0) is 19.1 Å². The average molecular weight is 549 g/mol. The summed E-state index contributed by atoms with van der Waals surface area (Å²) in [4.78, 5) is 36.2. The lowest BCUT2D eigenvalue weighted by molar-refractivity contribution is -0.185. The highest BCUT2D eigenvalue weighted by atomic mass is 19.4. The second-order valence-electron chi connectivity index (χ2n) is 9.31. The Kier molecular flexibility index (Phi) is 10.4. The van der Waals surface area contributed by atoms with E-state index < -0.39 is 35.9 Å². The number of carbonyl (C=O) groups excluding carboxylic acids is 3. The van der Waals surface area contributed by atoms with Crippen molar-refractivity contribution in [3.63, 3.8) is 0 Å². The van der Waals surface area contributed by atoms with Gasteiger partial charge >= 0.3 is 24.1 Å². The van der Waals surface area contributed by atoms with Gasteiger partial charge in [0.25, 0.3) is 0 Å². The van der Waals surface area contributed by atoms with Crippen molar-refractivity contribution in [3.8, 4) is 5.75 Å². The predicted molar refractivity (Wildman–Crippen MR) is 138 cm³/mol. The Balaban J connectivity index is 1.31. The summed E-state index contributed by atoms with van der Waals surface area (Å²) in [7, 11) is 0. The molecule has 1 aliphatic rings. The van der Waals surface area contributed by atoms with Gasteiger partial charge in [-0.1, -0.05) is 12.1 Å². The van der Waals surface area contributed by atoms with Crippen LogP contribution in [0.5, 0.6) is 5.75 Å². The highest BCUT2D eigenvalue weighted by Gasteiger charge is 2.42. The van der Waals surface area contributed by atoms with Gasteiger partial charge in [0.15, 0.2) is 0 Å². The largest absolute Gasteiger partial charge is 0.463 e. The number of alkyl halides is 3. The summed E-state index contributed by atoms with van der Waals surface area (Å²) in [6.45, 7) is 0.290. The Morgan fingerprint density at radius 2 is 1.46 bits per heavy atom. The predicted octanol–water partition coefficient (Wildman–Crippen LogP) is 5.32. The van der Waals surface area contributed by atoms with Crippen molar-refractivity contribution < 1.29 is 41.8 Å². The molecule has 0 heterocycles. The smallest absolute Gasteiger partial charge is 0.391 e. The van der Waals surface area contributed by atoms with Gasteiger partial charge in [0.2, 0.25) is 0 Å². The van der Waals surface area contributed by atoms with E-state index in [1.807, 2.05) is 0 Å². The fraction of sp³-hybridized carbons (Fsp3) is 0.393. The molecule has 0 atom stereocenters. The molecule has 8 nitrogen and oxygen atoms in total. The van der Waals surface area contributed by atoms with E-state index in [9.17, 15) is 27.6 Å². The number of nitrogen functional groups attached to an aromatic ring is 2. The van der Waals surface area contributed by atoms with Crippen molar-refractivity contribution >= 4 is 35.4 Å². The van der Waals surface area contributed by atoms with E-state index in [-0.39, 0.29) is 50.2 Å². The molecular weight excluding hydrogens is 517 g/mol. The Morgan fingerprint density at radius 1 is 0.872 bits per heavy atom. The number of hydrogen-bond acceptors (Lipinski definition) is 8. The molecule has 2 aromatic rings. The highest BCUT2D eigenvalue weighted by Crippen LogP contribution is 2.39. The second-order valence-corrected chi connectivity index (χ2v) is 9.31. The molecule has 0 spiro atoms. The normalized spacial score (nSPS) is 17.5. The molecule has 2 aromatic carbocycles. The van der Waals surface area contributed by atoms with Crippen LogP contribution in [0.4, 0.5) is 24.5 Å². The molecule has 0 radical (unpaired) electrons. The third kappa shape index (κ3) is 9.66. The minimum atomic E-state index is -4.23. The first-order chi connectivity index (χ1) is 18.5. The first-order valence-electron chi connectivity index (χ1n) is 12.6. The summed E-state index contributed by atoms with van der Waals surface area (Å²) in [6.07, 6.45) is -0.306. The van der Waals surface area contributed by atoms with Gasteiger partial charge in [0, 0.05) is 17.5 Å². The third-order valence-corrected chi connectivity index (χ3v) is 6.26. The summed E-state index contributed by atoms with van der Waals surface area (Å²) in [5.41, 5.74) is 13.0. The van der Waals surface area contributed by atoms with Crippen LogP contribution in [0.3, 0.4) is 0 Å². The molecule has 0 bridgehead atoms. The molecule has 210 valence electrons. The fourth-order valence-corrected chi connectivity index (χ4v) is 4.13. The molecule has 11 heteroatoms. The monoisotopic (exact) mass is 548 g/mol. The maximum absolute atomic E-state index is 12.8. The van der Waals surface area contributed by atoms with Crippen molar-refractivity contribution in [1.29, 1.82) is 0 Å². The SMILES string of the molecule is Nc1cc(N)cc(C(=O)OCCCCOC(=O)/C=C/c2ccc(OC(=O)C3CCC(C(F)(F)F)CC3)cc2)c1. The van der Waals surface area contributed by atoms with E-state index in [4.69, 9.17) is 25.7 Å². The van der Waals surface area contributed by atoms with E-state index in [1.165, 1.54) is 30.4 Å². The highest BCUT2D eigenvalue weighted by molar-refractivity contribution is 5.91. The molecule has 0 unspecified atom stereocenters. The zero-order valence-corrected chi connectivity index (χ0v) is 21.2. The van der Waals surface area contributed by atoms with E-state index in [2.05, 4.69) is 0 Å². The number of esters is 3. The molecule has 39 heavy (non-hydrogen) atoms. The van der Waals surface area contributed by atoms with Crippen LogP contribution in [0.25, 0.3) is 6.08 Å². The van der Waals surface area contributed by atoms with Gasteiger partial charge in [-0.2, -0.15) is 13.2 Å². The quantitative estimate of drug-likeness (QED) is 0.134. The number of carbonyl (C=O) groups is 3. The lowest BCUT2D eigenvalue weighted by Gasteiger charge is -2.28. The summed E-state index contributed by atoms with van der Waals surface area (Å²) in [5.74, 6) is -3.25. The van der Waals surface area contributed by atoms with Crippen LogP contribution in [-0.4, -0.2) is 37.3 Å². The average Bonchev–Trinajstić information content (AvgIpc) is 2.89. The number of hydrogen-bond donors (Lipinski definition) is 2. The number of unbranched alkanes of at least 4 members (excludes halogenated alkanes) is 1. The van der Waals surface area contributed by atoms with Crippen LogP contribution in [0.2, 0.25) is 0 Å². The minimum absolute atomic E-state index is 0.0727. The minimum Gasteiger partial charge on any atom is -0.463 e. The molecule has 0 aromatic heterocycles. The summed E-state index contributed by atoms with van der Waals surface area (Å²) in [5, 5.41) is 0. The first-order valence-corrected chi connectivity index (χ1v) is 12.6. The molecular formula is C28H31F3N2O6. The Morgan fingerprint density at radius 3 is 2.05 bits per heavy atom. The molecule has 1 saturated carbocycles. The molecule has 3 rings (SSSR count). The van der Waals surface area contributed by atoms with Gasteiger partial charge in [-0.25, -0.2) is 9.59 Å². The Labute approximate surface area is 224 Å². The second kappa shape index (κ2) is 13.7. The topological polar surface area (TPSA) is 131 Å². The van der Waals surface area contributed by atoms with Crippen LogP contribution < -0.4 is 16.2 Å². The number of nitrogens with two attached hydrogens (primary N) is 2. The first kappa shape index (κ1) is 29.5. The van der Waals surface area contributed by atoms with Gasteiger partial charge in [-0.05, 0) is 80.5 Å². The zero-order chi connectivity index (χ0) is 28.4. The van der Waals surface area contributed by atoms with Crippen molar-refractivity contribution in [1.82, 2.24) is 0 Å². The Bertz CT molecular complexity index is 1150. The number of halogens is 3. The van der Waals surface area contributed by atoms with Crippen molar-refractivity contribution in [2.75, 3.05) is 24.7 Å². The molecule has 0 saturated heterocycles. The maximum atomic E-state index is 12.8. The van der Waals surface area contributed by atoms with Crippen molar-refractivity contribution in [3.05, 3.63) is 59.7 Å². The van der Waals surface area contributed by atoms with Crippen LogP contribution >= 0.6 is 0 Å². The van der Waals surface area contributed by atoms with E-state index in [0.29, 0.717) is 29.8 Å². The van der Waals surface area contributed by atoms with Crippen LogP contribution in [0, 0.1) is 11.8 Å². The van der Waals surface area contributed by atoms with Gasteiger partial charge in [-0.15, -0.1) is 0 Å². The fourth-order valence-electron chi connectivity index (χ4n) is 4.13.